The average Bonchev–Trinajstić information content (AvgIpc) is 2.48. The van der Waals surface area contributed by atoms with Crippen molar-refractivity contribution in [2.24, 2.45) is 10.3 Å². The van der Waals surface area contributed by atoms with E-state index in [9.17, 15) is 0 Å². The van der Waals surface area contributed by atoms with Gasteiger partial charge in [-0.15, -0.1) is 9.71 Å². The molecule has 2 aromatic rings. The van der Waals surface area contributed by atoms with E-state index in [0.717, 1.165) is 12.2 Å². The van der Waals surface area contributed by atoms with E-state index in [0.29, 0.717) is 4.59 Å². The molecular weight excluding hydrogens is 234 g/mol. The fraction of sp³-hybridized carbons (Fsp3) is 0.250. The maximum absolute atomic E-state index is 4.31. The minimum atomic E-state index is 0.478. The van der Waals surface area contributed by atoms with Crippen LogP contribution in [0.25, 0.3) is 11.1 Å². The average molecular weight is 254 g/mol. The molecule has 0 heterocycles. The Hall–Kier alpha value is -2.00. The van der Waals surface area contributed by atoms with Gasteiger partial charge in [-0.05, 0) is 30.2 Å². The monoisotopic (exact) mass is 254 g/mol. The fourth-order valence-electron chi connectivity index (χ4n) is 2.10. The van der Waals surface area contributed by atoms with E-state index in [1.54, 1.807) is 7.05 Å². The first-order valence-electron chi connectivity index (χ1n) is 6.52. The van der Waals surface area contributed by atoms with Gasteiger partial charge in [-0.3, -0.25) is 0 Å². The summed E-state index contributed by atoms with van der Waals surface area (Å²) in [6.07, 6.45) is 0. The van der Waals surface area contributed by atoms with Gasteiger partial charge in [0.15, 0.2) is 5.69 Å². The SMILES string of the molecule is CC[N+](C)(N=NC)c1ccc(-c2ccccc2)cc1. The molecular formula is C16H20N3+. The molecule has 98 valence electrons. The standard InChI is InChI=1S/C16H20N3/c1-4-19(3,18-17-2)16-12-10-15(11-13-16)14-8-6-5-7-9-14/h5-13H,4H2,1-3H3/q+1. The maximum atomic E-state index is 4.31. The minimum absolute atomic E-state index is 0.478. The van der Waals surface area contributed by atoms with Crippen molar-refractivity contribution >= 4 is 5.69 Å². The van der Waals surface area contributed by atoms with Gasteiger partial charge in [-0.2, -0.15) is 0 Å². The molecule has 0 amide bonds. The van der Waals surface area contributed by atoms with Crippen molar-refractivity contribution in [3.63, 3.8) is 0 Å². The first kappa shape index (κ1) is 13.4. The molecule has 0 fully saturated rings. The van der Waals surface area contributed by atoms with E-state index < -0.39 is 0 Å². The molecule has 0 aliphatic rings. The van der Waals surface area contributed by atoms with Crippen LogP contribution in [-0.4, -0.2) is 20.6 Å². The highest BCUT2D eigenvalue weighted by Gasteiger charge is 2.22. The van der Waals surface area contributed by atoms with E-state index in [1.807, 2.05) is 6.07 Å². The normalized spacial score (nSPS) is 14.5. The molecule has 2 aromatic carbocycles. The maximum Gasteiger partial charge on any atom is 0.160 e. The largest absolute Gasteiger partial charge is 0.160 e. The van der Waals surface area contributed by atoms with Crippen LogP contribution in [0, 0.1) is 0 Å². The summed E-state index contributed by atoms with van der Waals surface area (Å²) in [4.78, 5) is 0. The summed E-state index contributed by atoms with van der Waals surface area (Å²) in [5.74, 6) is 0. The Kier molecular flexibility index (Phi) is 4.07. The molecule has 19 heavy (non-hydrogen) atoms. The Morgan fingerprint density at radius 1 is 0.895 bits per heavy atom. The number of hydrogen-bond donors (Lipinski definition) is 0. The van der Waals surface area contributed by atoms with Crippen LogP contribution >= 0.6 is 0 Å². The van der Waals surface area contributed by atoms with Crippen molar-refractivity contribution in [2.45, 2.75) is 6.92 Å². The highest BCUT2D eigenvalue weighted by atomic mass is 15.7. The summed E-state index contributed by atoms with van der Waals surface area (Å²) >= 11 is 0. The first-order chi connectivity index (χ1) is 9.19. The van der Waals surface area contributed by atoms with Crippen molar-refractivity contribution in [2.75, 3.05) is 20.6 Å². The second-order valence-electron chi connectivity index (χ2n) is 4.66. The molecule has 0 N–H and O–H groups in total. The molecule has 0 aliphatic heterocycles. The zero-order chi connectivity index (χ0) is 13.7. The molecule has 3 nitrogen and oxygen atoms in total. The highest BCUT2D eigenvalue weighted by molar-refractivity contribution is 5.65. The second kappa shape index (κ2) is 5.76. The predicted molar refractivity (Wildman–Crippen MR) is 80.9 cm³/mol. The number of hydrogen-bond acceptors (Lipinski definition) is 2. The number of rotatable bonds is 4. The number of benzene rings is 2. The summed E-state index contributed by atoms with van der Waals surface area (Å²) in [7, 11) is 3.77. The third-order valence-corrected chi connectivity index (χ3v) is 3.43. The Morgan fingerprint density at radius 3 is 2.00 bits per heavy atom. The summed E-state index contributed by atoms with van der Waals surface area (Å²) < 4.78 is 0.478. The lowest BCUT2D eigenvalue weighted by atomic mass is 10.1. The lowest BCUT2D eigenvalue weighted by Crippen LogP contribution is -2.38. The quantitative estimate of drug-likeness (QED) is 0.441. The molecule has 1 atom stereocenters. The molecule has 0 bridgehead atoms. The third kappa shape index (κ3) is 2.88. The van der Waals surface area contributed by atoms with Crippen LogP contribution in [0.15, 0.2) is 64.9 Å². The van der Waals surface area contributed by atoms with Crippen molar-refractivity contribution < 1.29 is 0 Å². The van der Waals surface area contributed by atoms with Crippen LogP contribution in [0.5, 0.6) is 0 Å². The topological polar surface area (TPSA) is 24.7 Å². The molecule has 0 saturated heterocycles. The molecule has 2 rings (SSSR count). The lowest BCUT2D eigenvalue weighted by molar-refractivity contribution is 0.341. The zero-order valence-corrected chi connectivity index (χ0v) is 11.7. The number of quaternary nitrogens is 1. The van der Waals surface area contributed by atoms with Crippen LogP contribution in [0.4, 0.5) is 5.69 Å². The summed E-state index contributed by atoms with van der Waals surface area (Å²) in [6.45, 7) is 2.99. The summed E-state index contributed by atoms with van der Waals surface area (Å²) in [5.41, 5.74) is 3.60. The zero-order valence-electron chi connectivity index (χ0n) is 11.7. The Labute approximate surface area is 114 Å². The van der Waals surface area contributed by atoms with Gasteiger partial charge in [-0.25, -0.2) is 0 Å². The molecule has 0 spiro atoms. The van der Waals surface area contributed by atoms with Gasteiger partial charge in [0.25, 0.3) is 0 Å². The molecule has 3 heteroatoms. The van der Waals surface area contributed by atoms with Gasteiger partial charge in [0.2, 0.25) is 0 Å². The van der Waals surface area contributed by atoms with Crippen LogP contribution < -0.4 is 4.59 Å². The molecule has 1 unspecified atom stereocenters. The van der Waals surface area contributed by atoms with Crippen LogP contribution in [0.2, 0.25) is 0 Å². The van der Waals surface area contributed by atoms with Crippen LogP contribution in [0.3, 0.4) is 0 Å². The molecule has 0 saturated carbocycles. The Bertz CT molecular complexity index is 546. The van der Waals surface area contributed by atoms with Gasteiger partial charge in [0, 0.05) is 17.4 Å². The van der Waals surface area contributed by atoms with Crippen LogP contribution in [0.1, 0.15) is 6.92 Å². The Morgan fingerprint density at radius 2 is 1.47 bits per heavy atom. The Balaban J connectivity index is 2.33. The molecule has 0 aromatic heterocycles. The van der Waals surface area contributed by atoms with E-state index in [2.05, 4.69) is 72.8 Å². The third-order valence-electron chi connectivity index (χ3n) is 3.43. The molecule has 0 radical (unpaired) electrons. The smallest absolute Gasteiger partial charge is 0.150 e. The van der Waals surface area contributed by atoms with Gasteiger partial charge in [-0.1, -0.05) is 30.3 Å². The summed E-state index contributed by atoms with van der Waals surface area (Å²) in [5, 5.41) is 8.24. The van der Waals surface area contributed by atoms with Crippen molar-refractivity contribution in [1.82, 2.24) is 4.59 Å². The van der Waals surface area contributed by atoms with Gasteiger partial charge >= 0.3 is 0 Å². The number of nitrogens with zero attached hydrogens (tertiary/aromatic N) is 3. The van der Waals surface area contributed by atoms with E-state index >= 15 is 0 Å². The van der Waals surface area contributed by atoms with Gasteiger partial charge < -0.3 is 0 Å². The molecule has 0 aliphatic carbocycles. The second-order valence-corrected chi connectivity index (χ2v) is 4.66. The van der Waals surface area contributed by atoms with E-state index in [4.69, 9.17) is 0 Å². The highest BCUT2D eigenvalue weighted by Crippen LogP contribution is 2.26. The lowest BCUT2D eigenvalue weighted by Gasteiger charge is -2.23. The minimum Gasteiger partial charge on any atom is -0.150 e. The van der Waals surface area contributed by atoms with Crippen molar-refractivity contribution in [3.8, 4) is 11.1 Å². The van der Waals surface area contributed by atoms with Gasteiger partial charge in [0.1, 0.15) is 6.54 Å². The summed E-state index contributed by atoms with van der Waals surface area (Å²) in [6, 6.07) is 18.9. The predicted octanol–water partition coefficient (Wildman–Crippen LogP) is 4.31. The van der Waals surface area contributed by atoms with Crippen molar-refractivity contribution in [1.29, 1.82) is 0 Å². The van der Waals surface area contributed by atoms with Crippen molar-refractivity contribution in [3.05, 3.63) is 54.6 Å². The van der Waals surface area contributed by atoms with E-state index in [1.165, 1.54) is 11.1 Å². The van der Waals surface area contributed by atoms with Gasteiger partial charge in [0.05, 0.1) is 14.1 Å². The first-order valence-corrected chi connectivity index (χ1v) is 6.52. The van der Waals surface area contributed by atoms with E-state index in [-0.39, 0.29) is 0 Å². The van der Waals surface area contributed by atoms with Crippen LogP contribution in [-0.2, 0) is 0 Å². The fourth-order valence-corrected chi connectivity index (χ4v) is 2.10.